The molecule has 0 unspecified atom stereocenters. The molecule has 0 atom stereocenters. The molecule has 0 aliphatic heterocycles. The summed E-state index contributed by atoms with van der Waals surface area (Å²) < 4.78 is 10.6. The molecule has 0 spiro atoms. The minimum Gasteiger partial charge on any atom is -0.496 e. The van der Waals surface area contributed by atoms with Crippen molar-refractivity contribution in [3.05, 3.63) is 65.2 Å². The molecule has 0 amide bonds. The number of benzene rings is 2. The van der Waals surface area contributed by atoms with Crippen molar-refractivity contribution in [1.29, 1.82) is 0 Å². The van der Waals surface area contributed by atoms with Gasteiger partial charge in [-0.25, -0.2) is 0 Å². The van der Waals surface area contributed by atoms with Crippen LogP contribution in [0, 0.1) is 13.8 Å². The molecule has 2 nitrogen and oxygen atoms in total. The van der Waals surface area contributed by atoms with Crippen LogP contribution in [-0.2, 0) is 0 Å². The van der Waals surface area contributed by atoms with E-state index in [1.165, 1.54) is 0 Å². The maximum absolute atomic E-state index is 5.29. The van der Waals surface area contributed by atoms with Crippen molar-refractivity contribution in [2.24, 2.45) is 0 Å². The molecular formula is C18H20O2. The van der Waals surface area contributed by atoms with Crippen molar-refractivity contribution in [3.63, 3.8) is 0 Å². The summed E-state index contributed by atoms with van der Waals surface area (Å²) in [5.41, 5.74) is 5.43. The highest BCUT2D eigenvalue weighted by Gasteiger charge is 2.07. The zero-order chi connectivity index (χ0) is 14.7. The van der Waals surface area contributed by atoms with Gasteiger partial charge in [-0.15, -0.1) is 0 Å². The summed E-state index contributed by atoms with van der Waals surface area (Å²) in [5, 5.41) is 0. The summed E-state index contributed by atoms with van der Waals surface area (Å²) in [6.45, 7) is 8.28. The van der Waals surface area contributed by atoms with Gasteiger partial charge in [-0.2, -0.15) is 0 Å². The number of methoxy groups -OCH3 is 2. The monoisotopic (exact) mass is 268 g/mol. The third-order valence-corrected chi connectivity index (χ3v) is 3.49. The van der Waals surface area contributed by atoms with Gasteiger partial charge in [0.15, 0.2) is 0 Å². The van der Waals surface area contributed by atoms with E-state index in [4.69, 9.17) is 9.47 Å². The first-order valence-corrected chi connectivity index (χ1v) is 6.55. The predicted octanol–water partition coefficient (Wildman–Crippen LogP) is 4.38. The van der Waals surface area contributed by atoms with E-state index in [0.29, 0.717) is 0 Å². The van der Waals surface area contributed by atoms with Gasteiger partial charge in [-0.05, 0) is 65.9 Å². The second kappa shape index (κ2) is 5.83. The molecule has 0 aliphatic rings. The Morgan fingerprint density at radius 3 is 1.50 bits per heavy atom. The van der Waals surface area contributed by atoms with Gasteiger partial charge in [0, 0.05) is 0 Å². The van der Waals surface area contributed by atoms with Crippen molar-refractivity contribution in [2.75, 3.05) is 14.2 Å². The topological polar surface area (TPSA) is 18.5 Å². The van der Waals surface area contributed by atoms with Crippen LogP contribution in [0.15, 0.2) is 43.0 Å². The average Bonchev–Trinajstić information content (AvgIpc) is 2.46. The van der Waals surface area contributed by atoms with E-state index in [1.54, 1.807) is 14.2 Å². The Kier molecular flexibility index (Phi) is 4.14. The third kappa shape index (κ3) is 2.69. The summed E-state index contributed by atoms with van der Waals surface area (Å²) in [7, 11) is 3.37. The van der Waals surface area contributed by atoms with Crippen LogP contribution in [0.2, 0.25) is 0 Å². The minimum absolute atomic E-state index is 0.896. The van der Waals surface area contributed by atoms with Gasteiger partial charge in [0.2, 0.25) is 0 Å². The van der Waals surface area contributed by atoms with E-state index < -0.39 is 0 Å². The number of hydrogen-bond acceptors (Lipinski definition) is 2. The quantitative estimate of drug-likeness (QED) is 0.819. The largest absolute Gasteiger partial charge is 0.496 e. The Balaban J connectivity index is 2.36. The Bertz CT molecular complexity index is 586. The zero-order valence-corrected chi connectivity index (χ0v) is 12.5. The summed E-state index contributed by atoms with van der Waals surface area (Å²) in [6, 6.07) is 12.2. The number of rotatable bonds is 4. The molecule has 2 heteroatoms. The van der Waals surface area contributed by atoms with Crippen LogP contribution in [-0.4, -0.2) is 14.2 Å². The van der Waals surface area contributed by atoms with E-state index in [0.717, 1.165) is 39.3 Å². The summed E-state index contributed by atoms with van der Waals surface area (Å²) >= 11 is 0. The van der Waals surface area contributed by atoms with E-state index in [1.807, 2.05) is 38.1 Å². The van der Waals surface area contributed by atoms with Crippen molar-refractivity contribution in [2.45, 2.75) is 13.8 Å². The van der Waals surface area contributed by atoms with Crippen molar-refractivity contribution < 1.29 is 9.47 Å². The molecule has 2 aromatic carbocycles. The third-order valence-electron chi connectivity index (χ3n) is 3.49. The van der Waals surface area contributed by atoms with E-state index in [-0.39, 0.29) is 0 Å². The smallest absolute Gasteiger partial charge is 0.121 e. The zero-order valence-electron chi connectivity index (χ0n) is 12.5. The summed E-state index contributed by atoms with van der Waals surface area (Å²) in [6.07, 6.45) is 0. The predicted molar refractivity (Wildman–Crippen MR) is 83.6 cm³/mol. The number of hydrogen-bond donors (Lipinski definition) is 0. The van der Waals surface area contributed by atoms with E-state index >= 15 is 0 Å². The Morgan fingerprint density at radius 2 is 1.20 bits per heavy atom. The van der Waals surface area contributed by atoms with Gasteiger partial charge < -0.3 is 9.47 Å². The Hall–Kier alpha value is -2.22. The van der Waals surface area contributed by atoms with Crippen LogP contribution in [0.4, 0.5) is 0 Å². The minimum atomic E-state index is 0.896. The molecule has 2 aromatic rings. The fourth-order valence-electron chi connectivity index (χ4n) is 2.30. The second-order valence-electron chi connectivity index (χ2n) is 4.85. The first kappa shape index (κ1) is 14.2. The highest BCUT2D eigenvalue weighted by atomic mass is 16.5. The molecule has 0 aliphatic carbocycles. The molecule has 0 fully saturated rings. The molecule has 0 aromatic heterocycles. The van der Waals surface area contributed by atoms with E-state index in [2.05, 4.69) is 18.7 Å². The van der Waals surface area contributed by atoms with Gasteiger partial charge in [-0.3, -0.25) is 0 Å². The lowest BCUT2D eigenvalue weighted by Gasteiger charge is -2.12. The maximum Gasteiger partial charge on any atom is 0.121 e. The molecule has 0 saturated carbocycles. The van der Waals surface area contributed by atoms with Crippen LogP contribution in [0.25, 0.3) is 5.57 Å². The molecule has 104 valence electrons. The molecule has 0 bridgehead atoms. The van der Waals surface area contributed by atoms with Gasteiger partial charge in [0.05, 0.1) is 14.2 Å². The fraction of sp³-hybridized carbons (Fsp3) is 0.222. The van der Waals surface area contributed by atoms with Crippen LogP contribution < -0.4 is 9.47 Å². The number of aryl methyl sites for hydroxylation is 2. The van der Waals surface area contributed by atoms with Gasteiger partial charge in [-0.1, -0.05) is 18.7 Å². The van der Waals surface area contributed by atoms with Crippen molar-refractivity contribution in [3.8, 4) is 11.5 Å². The maximum atomic E-state index is 5.29. The molecule has 0 radical (unpaired) electrons. The lowest BCUT2D eigenvalue weighted by atomic mass is 9.96. The lowest BCUT2D eigenvalue weighted by Crippen LogP contribution is -1.93. The van der Waals surface area contributed by atoms with E-state index in [9.17, 15) is 0 Å². The standard InChI is InChI=1S/C18H20O2/c1-12-10-15(6-8-17(12)19-4)14(3)16-7-9-18(20-5)13(2)11-16/h6-11H,3H2,1-2,4-5H3. The number of ether oxygens (including phenoxy) is 2. The summed E-state index contributed by atoms with van der Waals surface area (Å²) in [4.78, 5) is 0. The Labute approximate surface area is 120 Å². The molecule has 2 rings (SSSR count). The molecular weight excluding hydrogens is 248 g/mol. The highest BCUT2D eigenvalue weighted by Crippen LogP contribution is 2.29. The summed E-state index contributed by atoms with van der Waals surface area (Å²) in [5.74, 6) is 1.79. The van der Waals surface area contributed by atoms with Gasteiger partial charge in [0.1, 0.15) is 11.5 Å². The molecule has 0 heterocycles. The van der Waals surface area contributed by atoms with Gasteiger partial charge >= 0.3 is 0 Å². The second-order valence-corrected chi connectivity index (χ2v) is 4.85. The lowest BCUT2D eigenvalue weighted by molar-refractivity contribution is 0.411. The average molecular weight is 268 g/mol. The first-order chi connectivity index (χ1) is 9.56. The molecule has 20 heavy (non-hydrogen) atoms. The highest BCUT2D eigenvalue weighted by molar-refractivity contribution is 5.79. The van der Waals surface area contributed by atoms with Crippen LogP contribution in [0.3, 0.4) is 0 Å². The van der Waals surface area contributed by atoms with Crippen LogP contribution >= 0.6 is 0 Å². The van der Waals surface area contributed by atoms with Crippen molar-refractivity contribution in [1.82, 2.24) is 0 Å². The SMILES string of the molecule is C=C(c1ccc(OC)c(C)c1)c1ccc(OC)c(C)c1. The van der Waals surface area contributed by atoms with Gasteiger partial charge in [0.25, 0.3) is 0 Å². The fourth-order valence-corrected chi connectivity index (χ4v) is 2.30. The molecule has 0 N–H and O–H groups in total. The molecule has 0 saturated heterocycles. The first-order valence-electron chi connectivity index (χ1n) is 6.55. The Morgan fingerprint density at radius 1 is 0.800 bits per heavy atom. The van der Waals surface area contributed by atoms with Crippen molar-refractivity contribution >= 4 is 5.57 Å². The van der Waals surface area contributed by atoms with Crippen LogP contribution in [0.5, 0.6) is 11.5 Å². The van der Waals surface area contributed by atoms with Crippen LogP contribution in [0.1, 0.15) is 22.3 Å². The normalized spacial score (nSPS) is 10.2.